The maximum absolute atomic E-state index is 14.6. The van der Waals surface area contributed by atoms with Crippen LogP contribution in [0.4, 0.5) is 13.2 Å². The van der Waals surface area contributed by atoms with Crippen molar-refractivity contribution >= 4 is 23.3 Å². The van der Waals surface area contributed by atoms with Gasteiger partial charge in [0.2, 0.25) is 0 Å². The Labute approximate surface area is 259 Å². The third-order valence-electron chi connectivity index (χ3n) is 7.97. The van der Waals surface area contributed by atoms with Gasteiger partial charge in [0.15, 0.2) is 0 Å². The number of thiazole rings is 1. The summed E-state index contributed by atoms with van der Waals surface area (Å²) >= 11 is 1.23. The number of allylic oxidation sites excluding steroid dienone is 1. The zero-order chi connectivity index (χ0) is 31.6. The number of benzene rings is 2. The Morgan fingerprint density at radius 2 is 1.61 bits per heavy atom. The lowest BCUT2D eigenvalue weighted by atomic mass is 9.99. The summed E-state index contributed by atoms with van der Waals surface area (Å²) < 4.78 is 41.1. The summed E-state index contributed by atoms with van der Waals surface area (Å²) in [6.07, 6.45) is 1.79. The van der Waals surface area contributed by atoms with E-state index in [1.54, 1.807) is 16.0 Å². The molecule has 4 aromatic rings. The van der Waals surface area contributed by atoms with E-state index in [0.717, 1.165) is 53.8 Å². The molecule has 44 heavy (non-hydrogen) atoms. The second-order valence-electron chi connectivity index (χ2n) is 11.3. The van der Waals surface area contributed by atoms with E-state index in [2.05, 4.69) is 0 Å². The molecule has 0 N–H and O–H groups in total. The molecular formula is C35H36F3N3O2S. The van der Waals surface area contributed by atoms with Gasteiger partial charge in [-0.15, -0.1) is 11.3 Å². The van der Waals surface area contributed by atoms with Crippen LogP contribution in [0.2, 0.25) is 0 Å². The summed E-state index contributed by atoms with van der Waals surface area (Å²) in [5.41, 5.74) is 4.92. The fourth-order valence-electron chi connectivity index (χ4n) is 5.72. The van der Waals surface area contributed by atoms with Crippen molar-refractivity contribution < 1.29 is 18.0 Å². The van der Waals surface area contributed by atoms with E-state index in [9.17, 15) is 22.8 Å². The van der Waals surface area contributed by atoms with E-state index in [0.29, 0.717) is 53.5 Å². The average Bonchev–Trinajstić information content (AvgIpc) is 3.51. The second kappa shape index (κ2) is 12.9. The largest absolute Gasteiger partial charge is 0.416 e. The van der Waals surface area contributed by atoms with Gasteiger partial charge < -0.3 is 4.90 Å². The van der Waals surface area contributed by atoms with Crippen LogP contribution in [0.25, 0.3) is 33.6 Å². The van der Waals surface area contributed by atoms with Crippen LogP contribution in [0.5, 0.6) is 0 Å². The molecule has 1 saturated heterocycles. The number of nitrogens with zero attached hydrogens (tertiary/aromatic N) is 3. The lowest BCUT2D eigenvalue weighted by Crippen LogP contribution is -2.37. The number of amides is 1. The minimum Gasteiger partial charge on any atom is -0.339 e. The topological polar surface area (TPSA) is 55.2 Å². The van der Waals surface area contributed by atoms with Gasteiger partial charge in [-0.3, -0.25) is 14.2 Å². The molecule has 1 aliphatic heterocycles. The van der Waals surface area contributed by atoms with E-state index >= 15 is 0 Å². The van der Waals surface area contributed by atoms with Gasteiger partial charge in [-0.25, -0.2) is 4.98 Å². The molecule has 0 unspecified atom stereocenters. The van der Waals surface area contributed by atoms with Crippen LogP contribution in [-0.4, -0.2) is 33.4 Å². The van der Waals surface area contributed by atoms with Crippen molar-refractivity contribution in [2.24, 2.45) is 0 Å². The zero-order valence-electron chi connectivity index (χ0n) is 25.4. The molecule has 5 nitrogen and oxygen atoms in total. The summed E-state index contributed by atoms with van der Waals surface area (Å²) in [6.45, 7) is 9.30. The van der Waals surface area contributed by atoms with Crippen molar-refractivity contribution in [2.75, 3.05) is 13.1 Å². The quantitative estimate of drug-likeness (QED) is 0.208. The van der Waals surface area contributed by atoms with Crippen LogP contribution in [0.3, 0.4) is 0 Å². The van der Waals surface area contributed by atoms with E-state index in [4.69, 9.17) is 4.98 Å². The first kappa shape index (κ1) is 31.4. The molecule has 230 valence electrons. The Hall–Kier alpha value is -3.98. The molecule has 0 atom stereocenters. The van der Waals surface area contributed by atoms with Crippen LogP contribution < -0.4 is 5.56 Å². The van der Waals surface area contributed by atoms with Crippen LogP contribution in [-0.2, 0) is 19.0 Å². The highest BCUT2D eigenvalue weighted by molar-refractivity contribution is 7.13. The van der Waals surface area contributed by atoms with Crippen molar-refractivity contribution in [3.8, 4) is 27.5 Å². The van der Waals surface area contributed by atoms with E-state index in [1.807, 2.05) is 56.9 Å². The number of likely N-dealkylation sites (tertiary alicyclic amines) is 1. The molecule has 9 heteroatoms. The van der Waals surface area contributed by atoms with E-state index in [1.165, 1.54) is 23.5 Å². The highest BCUT2D eigenvalue weighted by Gasteiger charge is 2.30. The minimum absolute atomic E-state index is 0.126. The first-order chi connectivity index (χ1) is 21.0. The number of aromatic nitrogens is 2. The summed E-state index contributed by atoms with van der Waals surface area (Å²) in [5, 5.41) is 2.14. The maximum atomic E-state index is 14.6. The number of piperidine rings is 1. The molecular weight excluding hydrogens is 583 g/mol. The van der Waals surface area contributed by atoms with Crippen LogP contribution in [0, 0.1) is 0 Å². The predicted molar refractivity (Wildman–Crippen MR) is 171 cm³/mol. The van der Waals surface area contributed by atoms with Crippen LogP contribution in [0.15, 0.2) is 64.3 Å². The smallest absolute Gasteiger partial charge is 0.339 e. The standard InChI is InChI=1S/C35H36F3N3O2S/c1-5-23-11-10-12-24(6-2)31(23)41-30(19-22(3)4)27(33(42)40-17-8-7-9-18-40)20-28(34(41)43)32-39-29(21-44-32)25-13-15-26(16-14-25)35(36,37)38/h10-16,19-21H,5-9,17-18H2,1-4H3. The molecule has 0 bridgehead atoms. The molecule has 0 aliphatic carbocycles. The molecule has 5 rings (SSSR count). The van der Waals surface area contributed by atoms with Crippen molar-refractivity contribution in [1.29, 1.82) is 0 Å². The fraction of sp³-hybridized carbons (Fsp3) is 0.343. The Kier molecular flexibility index (Phi) is 9.25. The Morgan fingerprint density at radius 1 is 0.977 bits per heavy atom. The molecule has 2 aromatic carbocycles. The number of para-hydroxylation sites is 1. The van der Waals surface area contributed by atoms with Gasteiger partial charge in [-0.05, 0) is 81.4 Å². The van der Waals surface area contributed by atoms with Crippen molar-refractivity contribution in [2.45, 2.75) is 66.0 Å². The molecule has 0 saturated carbocycles. The van der Waals surface area contributed by atoms with Gasteiger partial charge in [0.1, 0.15) is 5.01 Å². The Bertz CT molecular complexity index is 1740. The van der Waals surface area contributed by atoms with Crippen molar-refractivity contribution in [3.63, 3.8) is 0 Å². The first-order valence-corrected chi connectivity index (χ1v) is 15.9. The van der Waals surface area contributed by atoms with Gasteiger partial charge >= 0.3 is 6.18 Å². The van der Waals surface area contributed by atoms with Gasteiger partial charge in [0, 0.05) is 24.0 Å². The van der Waals surface area contributed by atoms with Gasteiger partial charge in [-0.1, -0.05) is 49.8 Å². The summed E-state index contributed by atoms with van der Waals surface area (Å²) in [5.74, 6) is -0.126. The average molecular weight is 620 g/mol. The van der Waals surface area contributed by atoms with E-state index in [-0.39, 0.29) is 17.0 Å². The monoisotopic (exact) mass is 619 g/mol. The number of aryl methyl sites for hydroxylation is 2. The molecule has 3 heterocycles. The summed E-state index contributed by atoms with van der Waals surface area (Å²) in [4.78, 5) is 35.4. The third-order valence-corrected chi connectivity index (χ3v) is 8.84. The normalized spacial score (nSPS) is 13.7. The predicted octanol–water partition coefficient (Wildman–Crippen LogP) is 8.82. The minimum atomic E-state index is -4.44. The molecule has 0 radical (unpaired) electrons. The Balaban J connectivity index is 1.77. The summed E-state index contributed by atoms with van der Waals surface area (Å²) in [6, 6.07) is 12.5. The molecule has 0 spiro atoms. The fourth-order valence-corrected chi connectivity index (χ4v) is 6.56. The van der Waals surface area contributed by atoms with Crippen molar-refractivity contribution in [3.05, 3.63) is 97.8 Å². The number of alkyl halides is 3. The lowest BCUT2D eigenvalue weighted by molar-refractivity contribution is -0.137. The molecule has 2 aromatic heterocycles. The summed E-state index contributed by atoms with van der Waals surface area (Å²) in [7, 11) is 0. The highest BCUT2D eigenvalue weighted by atomic mass is 32.1. The number of hydrogen-bond donors (Lipinski definition) is 0. The van der Waals surface area contributed by atoms with Crippen molar-refractivity contribution in [1.82, 2.24) is 14.5 Å². The number of hydrogen-bond acceptors (Lipinski definition) is 4. The second-order valence-corrected chi connectivity index (χ2v) is 12.2. The van der Waals surface area contributed by atoms with Crippen LogP contribution >= 0.6 is 11.3 Å². The molecule has 1 fully saturated rings. The number of carbonyl (C=O) groups excluding carboxylic acids is 1. The highest BCUT2D eigenvalue weighted by Crippen LogP contribution is 2.34. The van der Waals surface area contributed by atoms with Gasteiger partial charge in [-0.2, -0.15) is 13.2 Å². The molecule has 1 aliphatic rings. The maximum Gasteiger partial charge on any atom is 0.416 e. The number of pyridine rings is 1. The number of halogens is 3. The van der Waals surface area contributed by atoms with E-state index < -0.39 is 11.7 Å². The van der Waals surface area contributed by atoms with Gasteiger partial charge in [0.25, 0.3) is 11.5 Å². The third kappa shape index (κ3) is 6.29. The van der Waals surface area contributed by atoms with Gasteiger partial charge in [0.05, 0.1) is 33.8 Å². The SMILES string of the molecule is CCc1cccc(CC)c1-n1c(C=C(C)C)c(C(=O)N2CCCCC2)cc(-c2nc(-c3ccc(C(F)(F)F)cc3)cs2)c1=O. The number of carbonyl (C=O) groups is 1. The van der Waals surface area contributed by atoms with Crippen LogP contribution in [0.1, 0.15) is 79.7 Å². The lowest BCUT2D eigenvalue weighted by Gasteiger charge is -2.28. The molecule has 1 amide bonds. The first-order valence-electron chi connectivity index (χ1n) is 15.0. The zero-order valence-corrected chi connectivity index (χ0v) is 26.2. The Morgan fingerprint density at radius 3 is 2.18 bits per heavy atom. The number of rotatable bonds is 7.